The van der Waals surface area contributed by atoms with Crippen molar-refractivity contribution in [2.45, 2.75) is 46.6 Å². The topological polar surface area (TPSA) is 69.6 Å². The number of nitrogens with one attached hydrogen (secondary N) is 1. The second-order valence-corrected chi connectivity index (χ2v) is 7.26. The van der Waals surface area contributed by atoms with E-state index in [0.717, 1.165) is 12.0 Å². The molecule has 2 N–H and O–H groups in total. The zero-order valence-electron chi connectivity index (χ0n) is 14.3. The van der Waals surface area contributed by atoms with E-state index in [9.17, 15) is 14.7 Å². The molecule has 1 aromatic rings. The minimum Gasteiger partial charge on any atom is -0.391 e. The summed E-state index contributed by atoms with van der Waals surface area (Å²) in [5, 5.41) is 12.9. The van der Waals surface area contributed by atoms with Gasteiger partial charge in [0.25, 0.3) is 5.91 Å². The third-order valence-corrected chi connectivity index (χ3v) is 4.22. The minimum absolute atomic E-state index is 0.0534. The van der Waals surface area contributed by atoms with Crippen molar-refractivity contribution < 1.29 is 14.7 Å². The van der Waals surface area contributed by atoms with E-state index >= 15 is 0 Å². The Morgan fingerprint density at radius 1 is 1.39 bits per heavy atom. The lowest BCUT2D eigenvalue weighted by molar-refractivity contribution is -0.117. The van der Waals surface area contributed by atoms with Crippen LogP contribution in [-0.2, 0) is 4.79 Å². The molecule has 0 spiro atoms. The molecule has 0 bridgehead atoms. The van der Waals surface area contributed by atoms with Gasteiger partial charge in [-0.1, -0.05) is 32.4 Å². The second-order valence-electron chi connectivity index (χ2n) is 7.26. The van der Waals surface area contributed by atoms with Gasteiger partial charge in [-0.05, 0) is 30.9 Å². The fraction of sp³-hybridized carbons (Fsp3) is 0.556. The van der Waals surface area contributed by atoms with Crippen molar-refractivity contribution in [3.05, 3.63) is 29.3 Å². The molecule has 2 rings (SSSR count). The van der Waals surface area contributed by atoms with Gasteiger partial charge in [-0.15, -0.1) is 0 Å². The van der Waals surface area contributed by atoms with Crippen LogP contribution >= 0.6 is 0 Å². The number of aryl methyl sites for hydroxylation is 1. The number of benzene rings is 1. The van der Waals surface area contributed by atoms with E-state index < -0.39 is 6.10 Å². The first-order valence-electron chi connectivity index (χ1n) is 8.07. The smallest absolute Gasteiger partial charge is 0.253 e. The van der Waals surface area contributed by atoms with Crippen LogP contribution in [0.15, 0.2) is 18.2 Å². The molecule has 2 amide bonds. The lowest BCUT2D eigenvalue weighted by Crippen LogP contribution is -2.39. The number of carbonyl (C=O) groups is 2. The Kier molecular flexibility index (Phi) is 5.09. The van der Waals surface area contributed by atoms with E-state index in [0.29, 0.717) is 24.2 Å². The highest BCUT2D eigenvalue weighted by Crippen LogP contribution is 2.26. The predicted octanol–water partition coefficient (Wildman–Crippen LogP) is 2.26. The Balaban J connectivity index is 2.19. The molecule has 1 saturated heterocycles. The minimum atomic E-state index is -0.631. The summed E-state index contributed by atoms with van der Waals surface area (Å²) in [5.41, 5.74) is 1.80. The van der Waals surface area contributed by atoms with Crippen LogP contribution in [0.3, 0.4) is 0 Å². The molecule has 126 valence electrons. The summed E-state index contributed by atoms with van der Waals surface area (Å²) in [5.74, 6) is -0.204. The monoisotopic (exact) mass is 318 g/mol. The Bertz CT molecular complexity index is 605. The zero-order valence-corrected chi connectivity index (χ0v) is 14.3. The number of amides is 2. The van der Waals surface area contributed by atoms with Gasteiger partial charge in [0.15, 0.2) is 0 Å². The number of hydrogen-bond acceptors (Lipinski definition) is 3. The highest BCUT2D eigenvalue weighted by molar-refractivity contribution is 6.05. The van der Waals surface area contributed by atoms with Gasteiger partial charge in [0.1, 0.15) is 0 Å². The summed E-state index contributed by atoms with van der Waals surface area (Å²) in [6.45, 7) is 8.51. The summed E-state index contributed by atoms with van der Waals surface area (Å²) in [4.78, 5) is 26.2. The first-order valence-corrected chi connectivity index (χ1v) is 8.07. The van der Waals surface area contributed by atoms with Crippen LogP contribution in [0.2, 0.25) is 0 Å². The molecule has 1 aliphatic rings. The summed E-state index contributed by atoms with van der Waals surface area (Å²) < 4.78 is 0. The SMILES string of the molecule is Cc1ccc(N2CCCC2=O)c(C(=O)NCC(O)C(C)(C)C)c1. The predicted molar refractivity (Wildman–Crippen MR) is 90.6 cm³/mol. The summed E-state index contributed by atoms with van der Waals surface area (Å²) in [7, 11) is 0. The summed E-state index contributed by atoms with van der Waals surface area (Å²) in [6.07, 6.45) is 0.710. The van der Waals surface area contributed by atoms with E-state index in [1.165, 1.54) is 0 Å². The maximum atomic E-state index is 12.6. The Labute approximate surface area is 137 Å². The van der Waals surface area contributed by atoms with Crippen LogP contribution in [0.1, 0.15) is 49.5 Å². The zero-order chi connectivity index (χ0) is 17.2. The molecule has 1 aliphatic heterocycles. The lowest BCUT2D eigenvalue weighted by Gasteiger charge is -2.26. The van der Waals surface area contributed by atoms with Crippen molar-refractivity contribution in [3.8, 4) is 0 Å². The molecule has 0 aromatic heterocycles. The maximum Gasteiger partial charge on any atom is 0.253 e. The Hall–Kier alpha value is -1.88. The molecular formula is C18H26N2O3. The van der Waals surface area contributed by atoms with E-state index in [2.05, 4.69) is 5.32 Å². The normalized spacial score (nSPS) is 16.6. The molecule has 0 saturated carbocycles. The maximum absolute atomic E-state index is 12.6. The van der Waals surface area contributed by atoms with Crippen LogP contribution in [0.5, 0.6) is 0 Å². The van der Waals surface area contributed by atoms with Gasteiger partial charge in [0.05, 0.1) is 17.4 Å². The third-order valence-electron chi connectivity index (χ3n) is 4.22. The van der Waals surface area contributed by atoms with E-state index in [-0.39, 0.29) is 23.8 Å². The van der Waals surface area contributed by atoms with E-state index in [4.69, 9.17) is 0 Å². The molecule has 1 unspecified atom stereocenters. The fourth-order valence-electron chi connectivity index (χ4n) is 2.56. The third kappa shape index (κ3) is 4.10. The van der Waals surface area contributed by atoms with Gasteiger partial charge in [-0.3, -0.25) is 9.59 Å². The standard InChI is InChI=1S/C18H26N2O3/c1-12-7-8-14(20-9-5-6-16(20)22)13(10-12)17(23)19-11-15(21)18(2,3)4/h7-8,10,15,21H,5-6,9,11H2,1-4H3,(H,19,23). The molecular weight excluding hydrogens is 292 g/mol. The number of aliphatic hydroxyl groups excluding tert-OH is 1. The second kappa shape index (κ2) is 6.71. The summed E-state index contributed by atoms with van der Waals surface area (Å²) >= 11 is 0. The Morgan fingerprint density at radius 3 is 2.65 bits per heavy atom. The number of anilines is 1. The fourth-order valence-corrected chi connectivity index (χ4v) is 2.56. The van der Waals surface area contributed by atoms with Crippen molar-refractivity contribution in [3.63, 3.8) is 0 Å². The number of rotatable bonds is 4. The molecule has 1 heterocycles. The van der Waals surface area contributed by atoms with Gasteiger partial charge >= 0.3 is 0 Å². The average molecular weight is 318 g/mol. The molecule has 0 radical (unpaired) electrons. The average Bonchev–Trinajstić information content (AvgIpc) is 2.89. The number of aliphatic hydroxyl groups is 1. The molecule has 5 nitrogen and oxygen atoms in total. The number of hydrogen-bond donors (Lipinski definition) is 2. The van der Waals surface area contributed by atoms with Crippen molar-refractivity contribution in [2.75, 3.05) is 18.0 Å². The molecule has 1 fully saturated rings. The van der Waals surface area contributed by atoms with Crippen molar-refractivity contribution in [1.82, 2.24) is 5.32 Å². The number of nitrogens with zero attached hydrogens (tertiary/aromatic N) is 1. The van der Waals surface area contributed by atoms with Gasteiger partial charge in [-0.2, -0.15) is 0 Å². The molecule has 0 aliphatic carbocycles. The highest BCUT2D eigenvalue weighted by Gasteiger charge is 2.27. The molecule has 1 aromatic carbocycles. The molecule has 23 heavy (non-hydrogen) atoms. The van der Waals surface area contributed by atoms with E-state index in [1.807, 2.05) is 39.8 Å². The van der Waals surface area contributed by atoms with Gasteiger partial charge in [0, 0.05) is 19.5 Å². The first kappa shape index (κ1) is 17.5. The Morgan fingerprint density at radius 2 is 2.09 bits per heavy atom. The van der Waals surface area contributed by atoms with Gasteiger partial charge in [0.2, 0.25) is 5.91 Å². The quantitative estimate of drug-likeness (QED) is 0.894. The van der Waals surface area contributed by atoms with Gasteiger partial charge < -0.3 is 15.3 Å². The van der Waals surface area contributed by atoms with Crippen molar-refractivity contribution >= 4 is 17.5 Å². The van der Waals surface area contributed by atoms with Crippen LogP contribution in [0.4, 0.5) is 5.69 Å². The summed E-state index contributed by atoms with van der Waals surface area (Å²) in [6, 6.07) is 5.52. The lowest BCUT2D eigenvalue weighted by atomic mass is 9.89. The van der Waals surface area contributed by atoms with Crippen LogP contribution in [0.25, 0.3) is 0 Å². The van der Waals surface area contributed by atoms with Crippen LogP contribution in [-0.4, -0.2) is 36.1 Å². The largest absolute Gasteiger partial charge is 0.391 e. The van der Waals surface area contributed by atoms with E-state index in [1.54, 1.807) is 11.0 Å². The highest BCUT2D eigenvalue weighted by atomic mass is 16.3. The first-order chi connectivity index (χ1) is 10.7. The van der Waals surface area contributed by atoms with Gasteiger partial charge in [-0.25, -0.2) is 0 Å². The van der Waals surface area contributed by atoms with Crippen LogP contribution in [0, 0.1) is 12.3 Å². The van der Waals surface area contributed by atoms with Crippen molar-refractivity contribution in [1.29, 1.82) is 0 Å². The van der Waals surface area contributed by atoms with Crippen LogP contribution < -0.4 is 10.2 Å². The molecule has 1 atom stereocenters. The van der Waals surface area contributed by atoms with Crippen molar-refractivity contribution in [2.24, 2.45) is 5.41 Å². The number of carbonyl (C=O) groups excluding carboxylic acids is 2. The molecule has 5 heteroatoms.